The molecular weight excluding hydrogens is 296 g/mol. The summed E-state index contributed by atoms with van der Waals surface area (Å²) in [6.07, 6.45) is 0.747. The molecule has 23 heavy (non-hydrogen) atoms. The van der Waals surface area contributed by atoms with Gasteiger partial charge in [-0.05, 0) is 18.6 Å². The third-order valence-corrected chi connectivity index (χ3v) is 3.36. The highest BCUT2D eigenvalue weighted by atomic mass is 16.6. The molecule has 0 radical (unpaired) electrons. The molecule has 6 heteroatoms. The van der Waals surface area contributed by atoms with Gasteiger partial charge in [0.15, 0.2) is 6.04 Å². The van der Waals surface area contributed by atoms with Crippen molar-refractivity contribution in [3.8, 4) is 0 Å². The zero-order chi connectivity index (χ0) is 16.8. The standard InChI is InChI=1S/C17H18N2O4/c1-12-8-9-14(10-18-12)15(16(20)21)19(2)17(22)23-11-13-6-4-3-5-7-13/h3-10,15H,11H2,1-2H3,(H,20,21). The molecule has 2 aromatic rings. The number of hydrogen-bond acceptors (Lipinski definition) is 4. The lowest BCUT2D eigenvalue weighted by atomic mass is 10.1. The topological polar surface area (TPSA) is 79.7 Å². The van der Waals surface area contributed by atoms with Gasteiger partial charge in [-0.3, -0.25) is 9.88 Å². The van der Waals surface area contributed by atoms with Crippen LogP contribution in [0.1, 0.15) is 22.9 Å². The summed E-state index contributed by atoms with van der Waals surface area (Å²) < 4.78 is 5.17. The Labute approximate surface area is 134 Å². The number of ether oxygens (including phenoxy) is 1. The van der Waals surface area contributed by atoms with Gasteiger partial charge >= 0.3 is 12.1 Å². The van der Waals surface area contributed by atoms with Gasteiger partial charge in [0, 0.05) is 24.5 Å². The predicted octanol–water partition coefficient (Wildman–Crippen LogP) is 2.78. The second kappa shape index (κ2) is 7.40. The number of pyridine rings is 1. The average molecular weight is 314 g/mol. The van der Waals surface area contributed by atoms with E-state index in [1.807, 2.05) is 30.3 Å². The molecule has 1 amide bonds. The summed E-state index contributed by atoms with van der Waals surface area (Å²) in [5, 5.41) is 9.42. The van der Waals surface area contributed by atoms with E-state index in [4.69, 9.17) is 4.74 Å². The van der Waals surface area contributed by atoms with Crippen LogP contribution >= 0.6 is 0 Å². The number of carboxylic acids is 1. The van der Waals surface area contributed by atoms with Gasteiger partial charge in [-0.1, -0.05) is 36.4 Å². The summed E-state index contributed by atoms with van der Waals surface area (Å²) in [4.78, 5) is 28.8. The summed E-state index contributed by atoms with van der Waals surface area (Å²) >= 11 is 0. The molecule has 0 aliphatic carbocycles. The van der Waals surface area contributed by atoms with Crippen molar-refractivity contribution >= 4 is 12.1 Å². The number of likely N-dealkylation sites (N-methyl/N-ethyl adjacent to an activating group) is 1. The molecule has 0 spiro atoms. The van der Waals surface area contributed by atoms with E-state index >= 15 is 0 Å². The number of carboxylic acid groups (broad SMARTS) is 1. The molecule has 1 aromatic carbocycles. The molecule has 120 valence electrons. The smallest absolute Gasteiger partial charge is 0.410 e. The third kappa shape index (κ3) is 4.29. The number of aryl methyl sites for hydroxylation is 1. The number of aromatic nitrogens is 1. The molecule has 0 saturated carbocycles. The highest BCUT2D eigenvalue weighted by molar-refractivity contribution is 5.81. The maximum Gasteiger partial charge on any atom is 0.410 e. The summed E-state index contributed by atoms with van der Waals surface area (Å²) in [5.74, 6) is -1.14. The Hall–Kier alpha value is -2.89. The van der Waals surface area contributed by atoms with E-state index in [2.05, 4.69) is 4.98 Å². The van der Waals surface area contributed by atoms with Crippen LogP contribution in [-0.2, 0) is 16.1 Å². The molecule has 0 aliphatic heterocycles. The van der Waals surface area contributed by atoms with Crippen molar-refractivity contribution < 1.29 is 19.4 Å². The van der Waals surface area contributed by atoms with Gasteiger partial charge in [-0.25, -0.2) is 9.59 Å². The van der Waals surface area contributed by atoms with Crippen LogP contribution < -0.4 is 0 Å². The van der Waals surface area contributed by atoms with Crippen molar-refractivity contribution in [1.82, 2.24) is 9.88 Å². The Morgan fingerprint density at radius 3 is 2.48 bits per heavy atom. The summed E-state index contributed by atoms with van der Waals surface area (Å²) in [7, 11) is 1.39. The highest BCUT2D eigenvalue weighted by Crippen LogP contribution is 2.20. The van der Waals surface area contributed by atoms with Gasteiger partial charge in [-0.2, -0.15) is 0 Å². The molecule has 0 bridgehead atoms. The minimum atomic E-state index is -1.15. The van der Waals surface area contributed by atoms with E-state index in [0.29, 0.717) is 5.56 Å². The van der Waals surface area contributed by atoms with Gasteiger partial charge in [-0.15, -0.1) is 0 Å². The molecule has 0 saturated heterocycles. The van der Waals surface area contributed by atoms with E-state index in [1.165, 1.54) is 13.2 Å². The SMILES string of the molecule is Cc1ccc(C(C(=O)O)N(C)C(=O)OCc2ccccc2)cn1. The van der Waals surface area contributed by atoms with Crippen LogP contribution in [0.25, 0.3) is 0 Å². The van der Waals surface area contributed by atoms with E-state index in [9.17, 15) is 14.7 Å². The average Bonchev–Trinajstić information content (AvgIpc) is 2.55. The number of carbonyl (C=O) groups is 2. The molecule has 2 rings (SSSR count). The van der Waals surface area contributed by atoms with E-state index in [-0.39, 0.29) is 6.61 Å². The second-order valence-electron chi connectivity index (χ2n) is 5.12. The van der Waals surface area contributed by atoms with Crippen LogP contribution in [0.15, 0.2) is 48.7 Å². The van der Waals surface area contributed by atoms with E-state index in [0.717, 1.165) is 16.2 Å². The second-order valence-corrected chi connectivity index (χ2v) is 5.12. The fourth-order valence-electron chi connectivity index (χ4n) is 2.10. The van der Waals surface area contributed by atoms with Crippen molar-refractivity contribution in [2.24, 2.45) is 0 Å². The Bertz CT molecular complexity index is 671. The number of benzene rings is 1. The molecular formula is C17H18N2O4. The monoisotopic (exact) mass is 314 g/mol. The van der Waals surface area contributed by atoms with Gasteiger partial charge < -0.3 is 9.84 Å². The number of nitrogens with zero attached hydrogens (tertiary/aromatic N) is 2. The largest absolute Gasteiger partial charge is 0.479 e. The van der Waals surface area contributed by atoms with Crippen molar-refractivity contribution in [2.45, 2.75) is 19.6 Å². The first-order chi connectivity index (χ1) is 11.0. The minimum absolute atomic E-state index is 0.0858. The quantitative estimate of drug-likeness (QED) is 0.918. The van der Waals surface area contributed by atoms with Crippen LogP contribution in [0, 0.1) is 6.92 Å². The number of rotatable bonds is 5. The van der Waals surface area contributed by atoms with Gasteiger partial charge in [0.2, 0.25) is 0 Å². The third-order valence-electron chi connectivity index (χ3n) is 3.36. The number of amides is 1. The van der Waals surface area contributed by atoms with Gasteiger partial charge in [0.1, 0.15) is 6.61 Å². The van der Waals surface area contributed by atoms with Gasteiger partial charge in [0.25, 0.3) is 0 Å². The Morgan fingerprint density at radius 2 is 1.91 bits per heavy atom. The molecule has 1 heterocycles. The first kappa shape index (κ1) is 16.5. The van der Waals surface area contributed by atoms with Crippen LogP contribution in [0.2, 0.25) is 0 Å². The van der Waals surface area contributed by atoms with Crippen LogP contribution in [-0.4, -0.2) is 34.1 Å². The van der Waals surface area contributed by atoms with Crippen LogP contribution in [0.4, 0.5) is 4.79 Å². The van der Waals surface area contributed by atoms with Gasteiger partial charge in [0.05, 0.1) is 0 Å². The summed E-state index contributed by atoms with van der Waals surface area (Å²) in [6, 6.07) is 11.4. The Balaban J connectivity index is 2.08. The normalized spacial score (nSPS) is 11.6. The first-order valence-corrected chi connectivity index (χ1v) is 7.08. The molecule has 1 atom stereocenters. The summed E-state index contributed by atoms with van der Waals surface area (Å²) in [5.41, 5.74) is 2.02. The van der Waals surface area contributed by atoms with E-state index < -0.39 is 18.1 Å². The zero-order valence-electron chi connectivity index (χ0n) is 13.0. The number of hydrogen-bond donors (Lipinski definition) is 1. The molecule has 1 unspecified atom stereocenters. The molecule has 0 fully saturated rings. The van der Waals surface area contributed by atoms with Crippen LogP contribution in [0.5, 0.6) is 0 Å². The van der Waals surface area contributed by atoms with Crippen molar-refractivity contribution in [2.75, 3.05) is 7.05 Å². The molecule has 1 aromatic heterocycles. The Kier molecular flexibility index (Phi) is 5.30. The predicted molar refractivity (Wildman–Crippen MR) is 83.7 cm³/mol. The number of carbonyl (C=O) groups excluding carboxylic acids is 1. The summed E-state index contributed by atoms with van der Waals surface area (Å²) in [6.45, 7) is 1.89. The molecule has 6 nitrogen and oxygen atoms in total. The lowest BCUT2D eigenvalue weighted by Gasteiger charge is -2.24. The first-order valence-electron chi connectivity index (χ1n) is 7.08. The fraction of sp³-hybridized carbons (Fsp3) is 0.235. The van der Waals surface area contributed by atoms with E-state index in [1.54, 1.807) is 19.1 Å². The fourth-order valence-corrected chi connectivity index (χ4v) is 2.10. The van der Waals surface area contributed by atoms with Crippen molar-refractivity contribution in [3.05, 3.63) is 65.5 Å². The lowest BCUT2D eigenvalue weighted by Crippen LogP contribution is -2.36. The zero-order valence-corrected chi connectivity index (χ0v) is 13.0. The Morgan fingerprint density at radius 1 is 1.22 bits per heavy atom. The van der Waals surface area contributed by atoms with Crippen molar-refractivity contribution in [1.29, 1.82) is 0 Å². The van der Waals surface area contributed by atoms with Crippen LogP contribution in [0.3, 0.4) is 0 Å². The maximum atomic E-state index is 12.1. The molecule has 1 N–H and O–H groups in total. The van der Waals surface area contributed by atoms with Crippen molar-refractivity contribution in [3.63, 3.8) is 0 Å². The lowest BCUT2D eigenvalue weighted by molar-refractivity contribution is -0.142. The highest BCUT2D eigenvalue weighted by Gasteiger charge is 2.29. The minimum Gasteiger partial charge on any atom is -0.479 e. The molecule has 0 aliphatic rings. The maximum absolute atomic E-state index is 12.1. The number of aliphatic carboxylic acids is 1.